The van der Waals surface area contributed by atoms with Gasteiger partial charge in [0.05, 0.1) is 17.9 Å². The lowest BCUT2D eigenvalue weighted by Gasteiger charge is -2.33. The summed E-state index contributed by atoms with van der Waals surface area (Å²) in [5, 5.41) is 2.16. The van der Waals surface area contributed by atoms with Crippen molar-refractivity contribution in [3.63, 3.8) is 0 Å². The monoisotopic (exact) mass is 780 g/mol. The van der Waals surface area contributed by atoms with Gasteiger partial charge >= 0.3 is 0 Å². The molecule has 0 saturated heterocycles. The van der Waals surface area contributed by atoms with E-state index in [4.69, 9.17) is 14.7 Å². The minimum absolute atomic E-state index is 0.475. The highest BCUT2D eigenvalue weighted by Gasteiger charge is 2.26. The number of nitrogens with zero attached hydrogens (tertiary/aromatic N) is 4. The fraction of sp³-hybridized carbons (Fsp3) is 0.0377. The molecule has 5 nitrogen and oxygen atoms in total. The Morgan fingerprint density at radius 2 is 1.39 bits per heavy atom. The number of amidine groups is 2. The number of rotatable bonds is 8. The van der Waals surface area contributed by atoms with E-state index in [9.17, 15) is 0 Å². The van der Waals surface area contributed by atoms with Crippen molar-refractivity contribution in [2.45, 2.75) is 13.5 Å². The Morgan fingerprint density at radius 3 is 2.19 bits per heavy atom. The van der Waals surface area contributed by atoms with Crippen LogP contribution in [0.4, 0.5) is 17.1 Å². The SMILES string of the molecule is C=NC(=NC(C=c1/c(=C\C=C/C)sc2c(-c3ccc4c(c3)Oc3ccccc3N4c3cccc(-c4ccccc4)c3)cccc12)=NCc1ccccc1)c1ccccc1. The van der Waals surface area contributed by atoms with Gasteiger partial charge in [-0.3, -0.25) is 4.99 Å². The first-order valence-electron chi connectivity index (χ1n) is 19.6. The van der Waals surface area contributed by atoms with Crippen molar-refractivity contribution in [1.29, 1.82) is 0 Å². The molecule has 284 valence electrons. The van der Waals surface area contributed by atoms with Gasteiger partial charge in [-0.15, -0.1) is 11.3 Å². The Hall–Kier alpha value is -7.41. The van der Waals surface area contributed by atoms with Crippen LogP contribution in [0.3, 0.4) is 0 Å². The zero-order valence-corrected chi connectivity index (χ0v) is 33.4. The van der Waals surface area contributed by atoms with Crippen LogP contribution in [-0.4, -0.2) is 18.4 Å². The molecule has 1 aromatic heterocycles. The minimum atomic E-state index is 0.475. The van der Waals surface area contributed by atoms with Crippen LogP contribution in [-0.2, 0) is 6.54 Å². The highest BCUT2D eigenvalue weighted by Crippen LogP contribution is 2.51. The van der Waals surface area contributed by atoms with E-state index in [1.807, 2.05) is 79.7 Å². The van der Waals surface area contributed by atoms with Crippen molar-refractivity contribution in [3.8, 4) is 33.8 Å². The summed E-state index contributed by atoms with van der Waals surface area (Å²) in [6, 6.07) is 60.6. The molecule has 7 aromatic carbocycles. The molecule has 0 fully saturated rings. The van der Waals surface area contributed by atoms with Crippen LogP contribution in [0.25, 0.3) is 44.5 Å². The summed E-state index contributed by atoms with van der Waals surface area (Å²) in [5.74, 6) is 2.69. The van der Waals surface area contributed by atoms with Crippen molar-refractivity contribution in [2.24, 2.45) is 15.0 Å². The van der Waals surface area contributed by atoms with Crippen LogP contribution in [0.2, 0.25) is 0 Å². The van der Waals surface area contributed by atoms with Gasteiger partial charge in [0.15, 0.2) is 23.2 Å². The van der Waals surface area contributed by atoms with Gasteiger partial charge in [-0.25, -0.2) is 9.98 Å². The van der Waals surface area contributed by atoms with Crippen LogP contribution in [0.1, 0.15) is 18.1 Å². The number of hydrogen-bond donors (Lipinski definition) is 0. The van der Waals surface area contributed by atoms with Gasteiger partial charge in [0.1, 0.15) is 0 Å². The summed E-state index contributed by atoms with van der Waals surface area (Å²) in [7, 11) is 0. The molecule has 9 rings (SSSR count). The predicted molar refractivity (Wildman–Crippen MR) is 251 cm³/mol. The molecule has 0 unspecified atom stereocenters. The van der Waals surface area contributed by atoms with E-state index in [1.165, 1.54) is 5.56 Å². The third-order valence-electron chi connectivity index (χ3n) is 10.2. The summed E-state index contributed by atoms with van der Waals surface area (Å²) in [4.78, 5) is 16.7. The molecule has 0 atom stereocenters. The third kappa shape index (κ3) is 7.82. The molecule has 2 heterocycles. The minimum Gasteiger partial charge on any atom is -0.453 e. The van der Waals surface area contributed by atoms with Crippen molar-refractivity contribution in [1.82, 2.24) is 0 Å². The molecule has 0 spiro atoms. The lowest BCUT2D eigenvalue weighted by Crippen LogP contribution is -2.20. The molecule has 0 saturated carbocycles. The Bertz CT molecular complexity index is 3020. The summed E-state index contributed by atoms with van der Waals surface area (Å²) >= 11 is 1.76. The molecule has 0 bridgehead atoms. The van der Waals surface area contributed by atoms with E-state index in [1.54, 1.807) is 11.3 Å². The lowest BCUT2D eigenvalue weighted by molar-refractivity contribution is 0.477. The number of ether oxygens (including phenoxy) is 1. The quantitative estimate of drug-likeness (QED) is 0.114. The molecule has 1 aliphatic heterocycles. The summed E-state index contributed by atoms with van der Waals surface area (Å²) in [5.41, 5.74) is 9.53. The van der Waals surface area contributed by atoms with E-state index < -0.39 is 0 Å². The molecule has 1 aliphatic rings. The Balaban J connectivity index is 1.18. The van der Waals surface area contributed by atoms with E-state index in [-0.39, 0.29) is 0 Å². The smallest absolute Gasteiger partial charge is 0.160 e. The average molecular weight is 781 g/mol. The Labute approximate surface area is 348 Å². The normalized spacial score (nSPS) is 13.4. The molecule has 59 heavy (non-hydrogen) atoms. The number of hydrogen-bond acceptors (Lipinski definition) is 4. The first-order valence-corrected chi connectivity index (χ1v) is 20.4. The van der Waals surface area contributed by atoms with E-state index in [0.717, 1.165) is 76.2 Å². The third-order valence-corrected chi connectivity index (χ3v) is 11.4. The topological polar surface area (TPSA) is 49.6 Å². The van der Waals surface area contributed by atoms with Crippen LogP contribution in [0.15, 0.2) is 203 Å². The number of thiophene rings is 1. The largest absolute Gasteiger partial charge is 0.453 e. The van der Waals surface area contributed by atoms with Crippen LogP contribution in [0, 0.1) is 0 Å². The fourth-order valence-electron chi connectivity index (χ4n) is 7.38. The molecule has 0 aliphatic carbocycles. The average Bonchev–Trinajstić information content (AvgIpc) is 3.65. The summed E-state index contributed by atoms with van der Waals surface area (Å²) < 4.78 is 8.96. The molecule has 0 radical (unpaired) electrons. The second kappa shape index (κ2) is 17.0. The van der Waals surface area contributed by atoms with Crippen molar-refractivity contribution in [3.05, 3.63) is 209 Å². The Kier molecular flexibility index (Phi) is 10.7. The van der Waals surface area contributed by atoms with Crippen molar-refractivity contribution in [2.75, 3.05) is 4.90 Å². The Morgan fingerprint density at radius 1 is 0.678 bits per heavy atom. The second-order valence-electron chi connectivity index (χ2n) is 14.0. The van der Waals surface area contributed by atoms with E-state index in [0.29, 0.717) is 18.2 Å². The highest BCUT2D eigenvalue weighted by molar-refractivity contribution is 7.17. The summed E-state index contributed by atoms with van der Waals surface area (Å²) in [6.45, 7) is 6.37. The predicted octanol–water partition coefficient (Wildman–Crippen LogP) is 12.7. The number of para-hydroxylation sites is 2. The van der Waals surface area contributed by atoms with Gasteiger partial charge in [0, 0.05) is 31.1 Å². The number of anilines is 3. The van der Waals surface area contributed by atoms with Gasteiger partial charge < -0.3 is 9.64 Å². The maximum absolute atomic E-state index is 6.70. The zero-order chi connectivity index (χ0) is 40.0. The number of benzene rings is 7. The van der Waals surface area contributed by atoms with E-state index >= 15 is 0 Å². The van der Waals surface area contributed by atoms with Gasteiger partial charge in [0.25, 0.3) is 0 Å². The van der Waals surface area contributed by atoms with Gasteiger partial charge in [-0.05, 0) is 90.0 Å². The number of allylic oxidation sites excluding steroid dienone is 2. The van der Waals surface area contributed by atoms with E-state index in [2.05, 4.69) is 144 Å². The number of aliphatic imine (C=N–C) groups is 3. The molecule has 8 aromatic rings. The standard InChI is InChI=1S/C53H40N4OS/c1-3-4-30-50-45(35-51(55-36-37-18-8-5-9-19-37)56-53(54-2)39-22-12-7-13-23-39)44-27-17-26-43(52(44)59-50)41-31-32-47-49(34-41)58-48-29-15-14-28-46(48)57(47)42-25-16-24-40(33-42)38-20-10-6-11-21-38/h3-35H,2,36H2,1H3/b4-3-,45-35?,50-30+,55-51?,56-53?. The first kappa shape index (κ1) is 37.2. The molecule has 0 amide bonds. The fourth-order valence-corrected chi connectivity index (χ4v) is 8.61. The molecule has 6 heteroatoms. The second-order valence-corrected chi connectivity index (χ2v) is 15.1. The van der Waals surface area contributed by atoms with Crippen LogP contribution in [0.5, 0.6) is 11.5 Å². The van der Waals surface area contributed by atoms with Crippen LogP contribution < -0.4 is 19.4 Å². The first-order chi connectivity index (χ1) is 29.2. The molecular formula is C53H40N4OS. The van der Waals surface area contributed by atoms with Crippen molar-refractivity contribution >= 4 is 69.0 Å². The zero-order valence-electron chi connectivity index (χ0n) is 32.6. The van der Waals surface area contributed by atoms with Gasteiger partial charge in [0.2, 0.25) is 0 Å². The molecule has 0 N–H and O–H groups in total. The molecular weight excluding hydrogens is 741 g/mol. The van der Waals surface area contributed by atoms with Crippen LogP contribution >= 0.6 is 11.3 Å². The highest BCUT2D eigenvalue weighted by atomic mass is 32.1. The lowest BCUT2D eigenvalue weighted by atomic mass is 10.0. The maximum atomic E-state index is 6.70. The van der Waals surface area contributed by atoms with Crippen molar-refractivity contribution < 1.29 is 4.74 Å². The van der Waals surface area contributed by atoms with Gasteiger partial charge in [-0.1, -0.05) is 152 Å². The number of fused-ring (bicyclic) bond motifs is 3. The van der Waals surface area contributed by atoms with Gasteiger partial charge in [-0.2, -0.15) is 0 Å². The summed E-state index contributed by atoms with van der Waals surface area (Å²) in [6.07, 6.45) is 8.38. The maximum Gasteiger partial charge on any atom is 0.160 e.